The second-order valence-electron chi connectivity index (χ2n) is 3.59. The van der Waals surface area contributed by atoms with E-state index < -0.39 is 0 Å². The van der Waals surface area contributed by atoms with E-state index in [-0.39, 0.29) is 11.9 Å². The lowest BCUT2D eigenvalue weighted by molar-refractivity contribution is 0.0526. The van der Waals surface area contributed by atoms with Crippen molar-refractivity contribution in [3.8, 4) is 0 Å². The van der Waals surface area contributed by atoms with E-state index in [1.807, 2.05) is 0 Å². The third-order valence-corrected chi connectivity index (χ3v) is 2.24. The van der Waals surface area contributed by atoms with Gasteiger partial charge in [0.05, 0.1) is 12.2 Å². The minimum Gasteiger partial charge on any atom is -0.462 e. The summed E-state index contributed by atoms with van der Waals surface area (Å²) < 4.78 is 4.89. The number of aromatic nitrogens is 3. The standard InChI is InChI=1S/C12H13N5O2/c1-2-19-10(18)8-3-5-9(6-4-8)16-12-15-7-14-11(13)17-12/h3-7H,2H2,1H3,(H3,13,14,15,16,17). The molecule has 7 nitrogen and oxygen atoms in total. The monoisotopic (exact) mass is 259 g/mol. The van der Waals surface area contributed by atoms with Crippen LogP contribution in [0.4, 0.5) is 17.6 Å². The average Bonchev–Trinajstić information content (AvgIpc) is 2.40. The van der Waals surface area contributed by atoms with Crippen molar-refractivity contribution >= 4 is 23.6 Å². The van der Waals surface area contributed by atoms with Gasteiger partial charge in [0.2, 0.25) is 11.9 Å². The van der Waals surface area contributed by atoms with Gasteiger partial charge in [0.25, 0.3) is 0 Å². The molecule has 2 rings (SSSR count). The molecule has 2 aromatic rings. The van der Waals surface area contributed by atoms with Crippen LogP contribution in [0.3, 0.4) is 0 Å². The number of nitrogen functional groups attached to an aromatic ring is 1. The van der Waals surface area contributed by atoms with Crippen molar-refractivity contribution in [3.63, 3.8) is 0 Å². The summed E-state index contributed by atoms with van der Waals surface area (Å²) in [5, 5.41) is 2.95. The number of hydrogen-bond donors (Lipinski definition) is 2. The molecule has 0 fully saturated rings. The third-order valence-electron chi connectivity index (χ3n) is 2.24. The van der Waals surface area contributed by atoms with E-state index in [0.29, 0.717) is 18.1 Å². The number of nitrogens with one attached hydrogen (secondary N) is 1. The Kier molecular flexibility index (Phi) is 3.87. The highest BCUT2D eigenvalue weighted by atomic mass is 16.5. The Bertz CT molecular complexity index is 571. The molecule has 0 aliphatic carbocycles. The first-order chi connectivity index (χ1) is 9.19. The van der Waals surface area contributed by atoms with E-state index >= 15 is 0 Å². The number of hydrogen-bond acceptors (Lipinski definition) is 7. The predicted octanol–water partition coefficient (Wildman–Crippen LogP) is 1.37. The number of carbonyl (C=O) groups is 1. The van der Waals surface area contributed by atoms with Gasteiger partial charge in [-0.1, -0.05) is 0 Å². The van der Waals surface area contributed by atoms with Crippen molar-refractivity contribution in [2.75, 3.05) is 17.7 Å². The van der Waals surface area contributed by atoms with Crippen LogP contribution in [-0.2, 0) is 4.74 Å². The van der Waals surface area contributed by atoms with Gasteiger partial charge in [-0.2, -0.15) is 4.98 Å². The van der Waals surface area contributed by atoms with E-state index in [2.05, 4.69) is 20.3 Å². The van der Waals surface area contributed by atoms with Gasteiger partial charge in [0.15, 0.2) is 0 Å². The molecule has 0 saturated heterocycles. The molecule has 0 spiro atoms. The van der Waals surface area contributed by atoms with Crippen LogP contribution in [0.15, 0.2) is 30.6 Å². The Hall–Kier alpha value is -2.70. The van der Waals surface area contributed by atoms with Crippen LogP contribution in [0.2, 0.25) is 0 Å². The van der Waals surface area contributed by atoms with Gasteiger partial charge in [-0.15, -0.1) is 0 Å². The smallest absolute Gasteiger partial charge is 0.338 e. The van der Waals surface area contributed by atoms with E-state index in [0.717, 1.165) is 5.69 Å². The molecular weight excluding hydrogens is 246 g/mol. The molecule has 7 heteroatoms. The first kappa shape index (κ1) is 12.7. The van der Waals surface area contributed by atoms with Crippen LogP contribution < -0.4 is 11.1 Å². The zero-order chi connectivity index (χ0) is 13.7. The maximum Gasteiger partial charge on any atom is 0.338 e. The fourth-order valence-corrected chi connectivity index (χ4v) is 1.40. The fraction of sp³-hybridized carbons (Fsp3) is 0.167. The highest BCUT2D eigenvalue weighted by Crippen LogP contribution is 2.14. The van der Waals surface area contributed by atoms with Crippen molar-refractivity contribution in [2.45, 2.75) is 6.92 Å². The summed E-state index contributed by atoms with van der Waals surface area (Å²) in [5.74, 6) is 0.135. The molecule has 1 aromatic heterocycles. The second-order valence-corrected chi connectivity index (χ2v) is 3.59. The Morgan fingerprint density at radius 2 is 2.05 bits per heavy atom. The summed E-state index contributed by atoms with van der Waals surface area (Å²) >= 11 is 0. The minimum atomic E-state index is -0.349. The first-order valence-electron chi connectivity index (χ1n) is 5.67. The van der Waals surface area contributed by atoms with Gasteiger partial charge < -0.3 is 15.8 Å². The third kappa shape index (κ3) is 3.38. The molecule has 0 bridgehead atoms. The molecule has 0 amide bonds. The Labute approximate surface area is 109 Å². The zero-order valence-corrected chi connectivity index (χ0v) is 10.3. The number of benzene rings is 1. The molecule has 19 heavy (non-hydrogen) atoms. The van der Waals surface area contributed by atoms with Crippen LogP contribution in [0.25, 0.3) is 0 Å². The molecule has 0 saturated carbocycles. The number of rotatable bonds is 4. The molecule has 0 unspecified atom stereocenters. The topological polar surface area (TPSA) is 103 Å². The molecule has 0 atom stereocenters. The summed E-state index contributed by atoms with van der Waals surface area (Å²) in [6.45, 7) is 2.11. The van der Waals surface area contributed by atoms with Crippen LogP contribution >= 0.6 is 0 Å². The lowest BCUT2D eigenvalue weighted by atomic mass is 10.2. The maximum absolute atomic E-state index is 11.5. The second kappa shape index (κ2) is 5.76. The van der Waals surface area contributed by atoms with E-state index in [1.54, 1.807) is 31.2 Å². The number of ether oxygens (including phenoxy) is 1. The van der Waals surface area contributed by atoms with Gasteiger partial charge in [-0.3, -0.25) is 0 Å². The molecule has 98 valence electrons. The fourth-order valence-electron chi connectivity index (χ4n) is 1.40. The molecular formula is C12H13N5O2. The van der Waals surface area contributed by atoms with Crippen molar-refractivity contribution in [1.29, 1.82) is 0 Å². The normalized spacial score (nSPS) is 9.95. The summed E-state index contributed by atoms with van der Waals surface area (Å²) in [7, 11) is 0. The van der Waals surface area contributed by atoms with E-state index in [1.165, 1.54) is 6.33 Å². The Balaban J connectivity index is 2.08. The number of esters is 1. The summed E-state index contributed by atoms with van der Waals surface area (Å²) in [6, 6.07) is 6.77. The lowest BCUT2D eigenvalue weighted by Gasteiger charge is -2.06. The minimum absolute atomic E-state index is 0.139. The van der Waals surface area contributed by atoms with E-state index in [4.69, 9.17) is 10.5 Å². The molecule has 0 radical (unpaired) electrons. The predicted molar refractivity (Wildman–Crippen MR) is 69.9 cm³/mol. The molecule has 3 N–H and O–H groups in total. The number of nitrogens with zero attached hydrogens (tertiary/aromatic N) is 3. The van der Waals surface area contributed by atoms with Gasteiger partial charge in [-0.05, 0) is 31.2 Å². The van der Waals surface area contributed by atoms with Gasteiger partial charge in [0.1, 0.15) is 6.33 Å². The summed E-state index contributed by atoms with van der Waals surface area (Å²) in [5.41, 5.74) is 6.67. The molecule has 0 aliphatic rings. The number of nitrogens with two attached hydrogens (primary N) is 1. The van der Waals surface area contributed by atoms with Crippen molar-refractivity contribution in [1.82, 2.24) is 15.0 Å². The van der Waals surface area contributed by atoms with Crippen LogP contribution in [-0.4, -0.2) is 27.5 Å². The highest BCUT2D eigenvalue weighted by Gasteiger charge is 2.06. The van der Waals surface area contributed by atoms with Crippen molar-refractivity contribution < 1.29 is 9.53 Å². The first-order valence-corrected chi connectivity index (χ1v) is 5.67. The Morgan fingerprint density at radius 1 is 1.32 bits per heavy atom. The SMILES string of the molecule is CCOC(=O)c1ccc(Nc2ncnc(N)n2)cc1. The molecule has 1 aromatic carbocycles. The number of carbonyl (C=O) groups excluding carboxylic acids is 1. The van der Waals surface area contributed by atoms with Gasteiger partial charge >= 0.3 is 5.97 Å². The zero-order valence-electron chi connectivity index (χ0n) is 10.3. The van der Waals surface area contributed by atoms with Crippen molar-refractivity contribution in [2.24, 2.45) is 0 Å². The molecule has 1 heterocycles. The number of anilines is 3. The maximum atomic E-state index is 11.5. The lowest BCUT2D eigenvalue weighted by Crippen LogP contribution is -2.05. The molecule has 0 aliphatic heterocycles. The van der Waals surface area contributed by atoms with Crippen LogP contribution in [0, 0.1) is 0 Å². The Morgan fingerprint density at radius 3 is 2.68 bits per heavy atom. The van der Waals surface area contributed by atoms with Crippen LogP contribution in [0.1, 0.15) is 17.3 Å². The van der Waals surface area contributed by atoms with E-state index in [9.17, 15) is 4.79 Å². The van der Waals surface area contributed by atoms with Crippen molar-refractivity contribution in [3.05, 3.63) is 36.2 Å². The van der Waals surface area contributed by atoms with Gasteiger partial charge in [0, 0.05) is 5.69 Å². The summed E-state index contributed by atoms with van der Waals surface area (Å²) in [6.07, 6.45) is 1.32. The quantitative estimate of drug-likeness (QED) is 0.799. The van der Waals surface area contributed by atoms with Gasteiger partial charge in [-0.25, -0.2) is 14.8 Å². The largest absolute Gasteiger partial charge is 0.462 e. The highest BCUT2D eigenvalue weighted by molar-refractivity contribution is 5.89. The average molecular weight is 259 g/mol. The van der Waals surface area contributed by atoms with Crippen LogP contribution in [0.5, 0.6) is 0 Å². The summed E-state index contributed by atoms with van der Waals surface area (Å²) in [4.78, 5) is 23.0.